The monoisotopic (exact) mass is 256 g/mol. The van der Waals surface area contributed by atoms with Crippen molar-refractivity contribution in [2.45, 2.75) is 33.8 Å². The predicted octanol–water partition coefficient (Wildman–Crippen LogP) is 3.84. The first-order valence-electron chi connectivity index (χ1n) is 4.76. The highest BCUT2D eigenvalue weighted by Gasteiger charge is 2.25. The van der Waals surface area contributed by atoms with E-state index < -0.39 is 6.10 Å². The average molecular weight is 257 g/mol. The molecule has 14 heavy (non-hydrogen) atoms. The van der Waals surface area contributed by atoms with E-state index in [1.165, 1.54) is 5.56 Å². The summed E-state index contributed by atoms with van der Waals surface area (Å²) in [5.41, 5.74) is 2.01. The van der Waals surface area contributed by atoms with Crippen LogP contribution in [-0.4, -0.2) is 5.11 Å². The van der Waals surface area contributed by atoms with E-state index in [1.807, 2.05) is 45.9 Å². The summed E-state index contributed by atoms with van der Waals surface area (Å²) in [4.78, 5) is 0. The van der Waals surface area contributed by atoms with E-state index in [4.69, 9.17) is 0 Å². The Morgan fingerprint density at radius 2 is 1.86 bits per heavy atom. The van der Waals surface area contributed by atoms with Crippen molar-refractivity contribution in [3.63, 3.8) is 0 Å². The van der Waals surface area contributed by atoms with Gasteiger partial charge in [-0.3, -0.25) is 0 Å². The second-order valence-corrected chi connectivity index (χ2v) is 5.65. The Hall–Kier alpha value is -0.340. The summed E-state index contributed by atoms with van der Waals surface area (Å²) in [6.45, 7) is 8.14. The molecule has 0 saturated heterocycles. The summed E-state index contributed by atoms with van der Waals surface area (Å²) in [5, 5.41) is 10.1. The van der Waals surface area contributed by atoms with Crippen molar-refractivity contribution in [1.82, 2.24) is 0 Å². The molecule has 0 radical (unpaired) electrons. The van der Waals surface area contributed by atoms with Gasteiger partial charge in [-0.25, -0.2) is 0 Å². The standard InChI is InChI=1S/C12H17BrO/c1-8-5-6-10(13)9(7-8)11(14)12(2,3)4/h5-7,11,14H,1-4H3/t11-/m1/s1. The molecule has 1 N–H and O–H groups in total. The molecule has 0 unspecified atom stereocenters. The topological polar surface area (TPSA) is 20.2 Å². The Bertz CT molecular complexity index is 326. The molecule has 0 amide bonds. The third-order valence-corrected chi connectivity index (χ3v) is 2.99. The maximum Gasteiger partial charge on any atom is 0.0849 e. The van der Waals surface area contributed by atoms with Gasteiger partial charge in [0.15, 0.2) is 0 Å². The highest BCUT2D eigenvalue weighted by Crippen LogP contribution is 2.36. The minimum absolute atomic E-state index is 0.129. The number of aliphatic hydroxyl groups excluding tert-OH is 1. The van der Waals surface area contributed by atoms with Gasteiger partial charge >= 0.3 is 0 Å². The predicted molar refractivity (Wildman–Crippen MR) is 63.3 cm³/mol. The molecule has 0 aliphatic heterocycles. The number of hydrogen-bond donors (Lipinski definition) is 1. The number of hydrogen-bond acceptors (Lipinski definition) is 1. The molecule has 0 aliphatic carbocycles. The zero-order chi connectivity index (χ0) is 10.9. The third kappa shape index (κ3) is 2.58. The molecule has 1 aromatic rings. The summed E-state index contributed by atoms with van der Waals surface area (Å²) < 4.78 is 0.977. The second kappa shape index (κ2) is 4.03. The SMILES string of the molecule is Cc1ccc(Br)c([C@@H](O)C(C)(C)C)c1. The van der Waals surface area contributed by atoms with E-state index in [-0.39, 0.29) is 5.41 Å². The molecule has 0 heterocycles. The first-order valence-corrected chi connectivity index (χ1v) is 5.56. The molecule has 2 heteroatoms. The molecule has 1 rings (SSSR count). The number of halogens is 1. The smallest absolute Gasteiger partial charge is 0.0849 e. The quantitative estimate of drug-likeness (QED) is 0.810. The fraction of sp³-hybridized carbons (Fsp3) is 0.500. The highest BCUT2D eigenvalue weighted by molar-refractivity contribution is 9.10. The van der Waals surface area contributed by atoms with Crippen molar-refractivity contribution in [1.29, 1.82) is 0 Å². The Morgan fingerprint density at radius 3 is 2.36 bits per heavy atom. The van der Waals surface area contributed by atoms with Crippen molar-refractivity contribution < 1.29 is 5.11 Å². The lowest BCUT2D eigenvalue weighted by Gasteiger charge is -2.27. The molecule has 1 atom stereocenters. The number of aliphatic hydroxyl groups is 1. The molecule has 0 saturated carbocycles. The Labute approximate surface area is 94.3 Å². The normalized spacial score (nSPS) is 14.1. The van der Waals surface area contributed by atoms with E-state index in [9.17, 15) is 5.11 Å². The van der Waals surface area contributed by atoms with E-state index in [0.717, 1.165) is 10.0 Å². The van der Waals surface area contributed by atoms with Crippen LogP contribution in [0.3, 0.4) is 0 Å². The lowest BCUT2D eigenvalue weighted by molar-refractivity contribution is 0.0620. The van der Waals surface area contributed by atoms with Crippen LogP contribution in [0.5, 0.6) is 0 Å². The molecule has 0 bridgehead atoms. The van der Waals surface area contributed by atoms with E-state index in [0.29, 0.717) is 0 Å². The Morgan fingerprint density at radius 1 is 1.29 bits per heavy atom. The van der Waals surface area contributed by atoms with Crippen LogP contribution in [0.4, 0.5) is 0 Å². The van der Waals surface area contributed by atoms with Crippen molar-refractivity contribution in [2.24, 2.45) is 5.41 Å². The summed E-state index contributed by atoms with van der Waals surface area (Å²) in [7, 11) is 0. The van der Waals surface area contributed by atoms with Crippen molar-refractivity contribution in [3.8, 4) is 0 Å². The van der Waals surface area contributed by atoms with Gasteiger partial charge in [0.1, 0.15) is 0 Å². The van der Waals surface area contributed by atoms with Crippen LogP contribution in [0.1, 0.15) is 38.0 Å². The van der Waals surface area contributed by atoms with Gasteiger partial charge < -0.3 is 5.11 Å². The molecular formula is C12H17BrO. The maximum atomic E-state index is 10.1. The third-order valence-electron chi connectivity index (χ3n) is 2.27. The summed E-state index contributed by atoms with van der Waals surface area (Å²) in [6.07, 6.45) is -0.434. The zero-order valence-electron chi connectivity index (χ0n) is 9.13. The van der Waals surface area contributed by atoms with Crippen LogP contribution < -0.4 is 0 Å². The average Bonchev–Trinajstić information content (AvgIpc) is 2.06. The van der Waals surface area contributed by atoms with Gasteiger partial charge in [0.05, 0.1) is 6.10 Å². The van der Waals surface area contributed by atoms with Gasteiger partial charge in [0.25, 0.3) is 0 Å². The van der Waals surface area contributed by atoms with Crippen LogP contribution in [0, 0.1) is 12.3 Å². The molecular weight excluding hydrogens is 240 g/mol. The lowest BCUT2D eigenvalue weighted by Crippen LogP contribution is -2.18. The number of benzene rings is 1. The minimum Gasteiger partial charge on any atom is -0.388 e. The maximum absolute atomic E-state index is 10.1. The molecule has 0 spiro atoms. The van der Waals surface area contributed by atoms with Crippen LogP contribution in [0.25, 0.3) is 0 Å². The van der Waals surface area contributed by atoms with Crippen LogP contribution in [0.15, 0.2) is 22.7 Å². The van der Waals surface area contributed by atoms with Gasteiger partial charge in [0, 0.05) is 4.47 Å². The first kappa shape index (κ1) is 11.7. The highest BCUT2D eigenvalue weighted by atomic mass is 79.9. The number of rotatable bonds is 1. The largest absolute Gasteiger partial charge is 0.388 e. The molecule has 0 aromatic heterocycles. The fourth-order valence-corrected chi connectivity index (χ4v) is 1.80. The Balaban J connectivity index is 3.12. The molecule has 0 aliphatic rings. The van der Waals surface area contributed by atoms with Gasteiger partial charge in [-0.05, 0) is 24.0 Å². The van der Waals surface area contributed by atoms with Gasteiger partial charge in [-0.2, -0.15) is 0 Å². The molecule has 0 fully saturated rings. The van der Waals surface area contributed by atoms with Crippen LogP contribution in [0.2, 0.25) is 0 Å². The first-order chi connectivity index (χ1) is 6.32. The molecule has 78 valence electrons. The molecule has 1 aromatic carbocycles. The van der Waals surface area contributed by atoms with Crippen LogP contribution in [-0.2, 0) is 0 Å². The van der Waals surface area contributed by atoms with E-state index in [2.05, 4.69) is 15.9 Å². The molecule has 1 nitrogen and oxygen atoms in total. The minimum atomic E-state index is -0.434. The lowest BCUT2D eigenvalue weighted by atomic mass is 9.84. The van der Waals surface area contributed by atoms with Crippen molar-refractivity contribution in [3.05, 3.63) is 33.8 Å². The zero-order valence-corrected chi connectivity index (χ0v) is 10.7. The van der Waals surface area contributed by atoms with Crippen molar-refractivity contribution in [2.75, 3.05) is 0 Å². The van der Waals surface area contributed by atoms with Crippen LogP contribution >= 0.6 is 15.9 Å². The van der Waals surface area contributed by atoms with Crippen molar-refractivity contribution >= 4 is 15.9 Å². The summed E-state index contributed by atoms with van der Waals surface area (Å²) >= 11 is 3.46. The Kier molecular flexibility index (Phi) is 3.38. The van der Waals surface area contributed by atoms with E-state index >= 15 is 0 Å². The van der Waals surface area contributed by atoms with Gasteiger partial charge in [-0.1, -0.05) is 54.4 Å². The summed E-state index contributed by atoms with van der Waals surface area (Å²) in [6, 6.07) is 6.04. The van der Waals surface area contributed by atoms with Gasteiger partial charge in [0.2, 0.25) is 0 Å². The van der Waals surface area contributed by atoms with Gasteiger partial charge in [-0.15, -0.1) is 0 Å². The number of aryl methyl sites for hydroxylation is 1. The second-order valence-electron chi connectivity index (χ2n) is 4.79. The summed E-state index contributed by atoms with van der Waals surface area (Å²) in [5.74, 6) is 0. The fourth-order valence-electron chi connectivity index (χ4n) is 1.34. The van der Waals surface area contributed by atoms with E-state index in [1.54, 1.807) is 0 Å².